The molecule has 0 bridgehead atoms. The quantitative estimate of drug-likeness (QED) is 0.902. The van der Waals surface area contributed by atoms with Crippen molar-refractivity contribution in [2.24, 2.45) is 0 Å². The zero-order valence-electron chi connectivity index (χ0n) is 11.7. The second kappa shape index (κ2) is 5.95. The molecule has 0 amide bonds. The first-order valence-corrected chi connectivity index (χ1v) is 7.84. The molecule has 108 valence electrons. The molecular formula is C15H15ClN4S. The second-order valence-electron chi connectivity index (χ2n) is 4.74. The van der Waals surface area contributed by atoms with Gasteiger partial charge >= 0.3 is 0 Å². The highest BCUT2D eigenvalue weighted by Gasteiger charge is 2.21. The van der Waals surface area contributed by atoms with Crippen LogP contribution in [-0.2, 0) is 0 Å². The van der Waals surface area contributed by atoms with Crippen molar-refractivity contribution in [2.45, 2.75) is 19.3 Å². The third-order valence-electron chi connectivity index (χ3n) is 3.13. The minimum Gasteiger partial charge on any atom is -0.362 e. The third-order valence-corrected chi connectivity index (χ3v) is 4.51. The van der Waals surface area contributed by atoms with Crippen LogP contribution in [0.5, 0.6) is 0 Å². The molecule has 21 heavy (non-hydrogen) atoms. The van der Waals surface area contributed by atoms with Gasteiger partial charge in [0, 0.05) is 27.9 Å². The molecular weight excluding hydrogens is 304 g/mol. The number of benzene rings is 1. The Morgan fingerprint density at radius 3 is 2.90 bits per heavy atom. The summed E-state index contributed by atoms with van der Waals surface area (Å²) < 4.78 is 0. The Balaban J connectivity index is 1.73. The summed E-state index contributed by atoms with van der Waals surface area (Å²) >= 11 is 8.00. The van der Waals surface area contributed by atoms with Crippen LogP contribution in [-0.4, -0.2) is 15.5 Å². The van der Waals surface area contributed by atoms with Crippen molar-refractivity contribution in [2.75, 3.05) is 5.32 Å². The van der Waals surface area contributed by atoms with E-state index in [2.05, 4.69) is 33.6 Å². The van der Waals surface area contributed by atoms with E-state index in [1.165, 1.54) is 5.56 Å². The lowest BCUT2D eigenvalue weighted by atomic mass is 10.1. The van der Waals surface area contributed by atoms with Crippen LogP contribution in [0.4, 0.5) is 5.82 Å². The van der Waals surface area contributed by atoms with E-state index < -0.39 is 0 Å². The van der Waals surface area contributed by atoms with Gasteiger partial charge in [0.15, 0.2) is 5.50 Å². The SMILES string of the molecule is Cc1nccc(NC2NC=C(c3c(C)cccc3Cl)S2)n1. The molecule has 1 aromatic heterocycles. The van der Waals surface area contributed by atoms with Crippen LogP contribution in [0.3, 0.4) is 0 Å². The number of anilines is 1. The molecule has 2 aromatic rings. The molecule has 0 aliphatic carbocycles. The molecule has 0 fully saturated rings. The standard InChI is InChI=1S/C15H15ClN4S/c1-9-4-3-5-11(16)14(9)12-8-18-15(21-12)20-13-6-7-17-10(2)19-13/h3-8,15,18H,1-2H3,(H,17,19,20). The van der Waals surface area contributed by atoms with E-state index >= 15 is 0 Å². The molecule has 0 spiro atoms. The lowest BCUT2D eigenvalue weighted by Crippen LogP contribution is -2.26. The summed E-state index contributed by atoms with van der Waals surface area (Å²) in [6, 6.07) is 7.80. The smallest absolute Gasteiger partial charge is 0.151 e. The minimum atomic E-state index is 0.0324. The van der Waals surface area contributed by atoms with E-state index in [0.29, 0.717) is 0 Å². The van der Waals surface area contributed by atoms with Gasteiger partial charge < -0.3 is 10.6 Å². The number of nitrogens with zero attached hydrogens (tertiary/aromatic N) is 2. The molecule has 2 N–H and O–H groups in total. The molecule has 0 radical (unpaired) electrons. The van der Waals surface area contributed by atoms with Gasteiger partial charge in [-0.15, -0.1) is 0 Å². The van der Waals surface area contributed by atoms with Crippen LogP contribution in [0.25, 0.3) is 4.91 Å². The molecule has 1 aliphatic heterocycles. The van der Waals surface area contributed by atoms with E-state index in [1.807, 2.05) is 31.3 Å². The number of nitrogens with one attached hydrogen (secondary N) is 2. The molecule has 1 aromatic carbocycles. The van der Waals surface area contributed by atoms with Crippen LogP contribution in [0.2, 0.25) is 5.02 Å². The number of halogens is 1. The largest absolute Gasteiger partial charge is 0.362 e. The maximum Gasteiger partial charge on any atom is 0.151 e. The summed E-state index contributed by atoms with van der Waals surface area (Å²) in [4.78, 5) is 9.56. The molecule has 3 rings (SSSR count). The summed E-state index contributed by atoms with van der Waals surface area (Å²) in [5.74, 6) is 1.55. The summed E-state index contributed by atoms with van der Waals surface area (Å²) in [6.07, 6.45) is 3.74. The Kier molecular flexibility index (Phi) is 4.03. The highest BCUT2D eigenvalue weighted by atomic mass is 35.5. The zero-order chi connectivity index (χ0) is 14.8. The third kappa shape index (κ3) is 3.14. The van der Waals surface area contributed by atoms with Crippen molar-refractivity contribution in [3.8, 4) is 0 Å². The summed E-state index contributed by atoms with van der Waals surface area (Å²) in [6.45, 7) is 3.94. The number of aryl methyl sites for hydroxylation is 2. The van der Waals surface area contributed by atoms with Crippen molar-refractivity contribution in [1.29, 1.82) is 0 Å². The predicted octanol–water partition coefficient (Wildman–Crippen LogP) is 3.78. The minimum absolute atomic E-state index is 0.0324. The molecule has 4 nitrogen and oxygen atoms in total. The molecule has 2 heterocycles. The lowest BCUT2D eigenvalue weighted by molar-refractivity contribution is 0.874. The number of hydrogen-bond donors (Lipinski definition) is 2. The fourth-order valence-corrected chi connectivity index (χ4v) is 3.64. The van der Waals surface area contributed by atoms with Crippen LogP contribution in [0.15, 0.2) is 36.7 Å². The van der Waals surface area contributed by atoms with Crippen LogP contribution in [0.1, 0.15) is 17.0 Å². The van der Waals surface area contributed by atoms with Crippen LogP contribution < -0.4 is 10.6 Å². The number of hydrogen-bond acceptors (Lipinski definition) is 5. The Hall–Kier alpha value is -1.72. The summed E-state index contributed by atoms with van der Waals surface area (Å²) in [7, 11) is 0. The van der Waals surface area contributed by atoms with Gasteiger partial charge in [-0.1, -0.05) is 35.5 Å². The zero-order valence-corrected chi connectivity index (χ0v) is 13.3. The summed E-state index contributed by atoms with van der Waals surface area (Å²) in [5, 5.41) is 7.40. The van der Waals surface area contributed by atoms with Gasteiger partial charge in [0.05, 0.1) is 0 Å². The Morgan fingerprint density at radius 1 is 1.29 bits per heavy atom. The van der Waals surface area contributed by atoms with Crippen molar-refractivity contribution < 1.29 is 0 Å². The Bertz CT molecular complexity index is 682. The molecule has 0 saturated heterocycles. The normalized spacial score (nSPS) is 17.3. The van der Waals surface area contributed by atoms with Gasteiger partial charge in [-0.3, -0.25) is 0 Å². The first-order chi connectivity index (χ1) is 10.1. The van der Waals surface area contributed by atoms with Crippen LogP contribution >= 0.6 is 23.4 Å². The maximum absolute atomic E-state index is 6.32. The number of rotatable bonds is 3. The van der Waals surface area contributed by atoms with Gasteiger partial charge in [0.25, 0.3) is 0 Å². The highest BCUT2D eigenvalue weighted by molar-refractivity contribution is 8.09. The molecule has 6 heteroatoms. The molecule has 1 unspecified atom stereocenters. The van der Waals surface area contributed by atoms with Crippen molar-refractivity contribution in [3.05, 3.63) is 58.6 Å². The average Bonchev–Trinajstić information content (AvgIpc) is 2.87. The predicted molar refractivity (Wildman–Crippen MR) is 89.1 cm³/mol. The van der Waals surface area contributed by atoms with Gasteiger partial charge in [-0.25, -0.2) is 9.97 Å². The lowest BCUT2D eigenvalue weighted by Gasteiger charge is -2.14. The van der Waals surface area contributed by atoms with E-state index in [-0.39, 0.29) is 5.50 Å². The Labute approximate surface area is 133 Å². The van der Waals surface area contributed by atoms with Gasteiger partial charge in [0.1, 0.15) is 11.6 Å². The van der Waals surface area contributed by atoms with Crippen LogP contribution in [0, 0.1) is 13.8 Å². The number of thioether (sulfide) groups is 1. The average molecular weight is 319 g/mol. The van der Waals surface area contributed by atoms with E-state index in [4.69, 9.17) is 11.6 Å². The van der Waals surface area contributed by atoms with Crippen molar-refractivity contribution >= 4 is 34.1 Å². The topological polar surface area (TPSA) is 49.8 Å². The molecule has 1 aliphatic rings. The first kappa shape index (κ1) is 14.2. The van der Waals surface area contributed by atoms with E-state index in [0.717, 1.165) is 27.1 Å². The van der Waals surface area contributed by atoms with E-state index in [1.54, 1.807) is 18.0 Å². The monoisotopic (exact) mass is 318 g/mol. The first-order valence-electron chi connectivity index (χ1n) is 6.58. The maximum atomic E-state index is 6.32. The fraction of sp³-hybridized carbons (Fsp3) is 0.200. The Morgan fingerprint density at radius 2 is 2.14 bits per heavy atom. The molecule has 0 saturated carbocycles. The fourth-order valence-electron chi connectivity index (χ4n) is 2.16. The highest BCUT2D eigenvalue weighted by Crippen LogP contribution is 2.39. The van der Waals surface area contributed by atoms with Gasteiger partial charge in [-0.2, -0.15) is 0 Å². The van der Waals surface area contributed by atoms with Crippen molar-refractivity contribution in [3.63, 3.8) is 0 Å². The van der Waals surface area contributed by atoms with Gasteiger partial charge in [-0.05, 0) is 31.5 Å². The second-order valence-corrected chi connectivity index (χ2v) is 6.29. The van der Waals surface area contributed by atoms with E-state index in [9.17, 15) is 0 Å². The van der Waals surface area contributed by atoms with Gasteiger partial charge in [0.2, 0.25) is 0 Å². The number of aromatic nitrogens is 2. The molecule has 1 atom stereocenters. The summed E-state index contributed by atoms with van der Waals surface area (Å²) in [5.41, 5.74) is 2.28. The van der Waals surface area contributed by atoms with Crippen molar-refractivity contribution in [1.82, 2.24) is 15.3 Å².